The van der Waals surface area contributed by atoms with Crippen LogP contribution in [0.4, 0.5) is 4.39 Å². The number of halogens is 1. The van der Waals surface area contributed by atoms with Crippen LogP contribution >= 0.6 is 0 Å². The largest absolute Gasteiger partial charge is 0.466 e. The molecule has 1 N–H and O–H groups in total. The van der Waals surface area contributed by atoms with Crippen molar-refractivity contribution in [3.05, 3.63) is 42.2 Å². The summed E-state index contributed by atoms with van der Waals surface area (Å²) in [6, 6.07) is 3.64. The maximum atomic E-state index is 14.0. The Morgan fingerprint density at radius 1 is 1.18 bits per heavy atom. The van der Waals surface area contributed by atoms with Gasteiger partial charge >= 0.3 is 5.97 Å². The summed E-state index contributed by atoms with van der Waals surface area (Å²) in [5, 5.41) is 10.5. The number of aromatic nitrogens is 5. The lowest BCUT2D eigenvalue weighted by molar-refractivity contribution is -0.157. The van der Waals surface area contributed by atoms with Crippen molar-refractivity contribution in [1.29, 1.82) is 5.26 Å². The van der Waals surface area contributed by atoms with Crippen LogP contribution in [0.15, 0.2) is 30.9 Å². The number of pyridine rings is 1. The van der Waals surface area contributed by atoms with Gasteiger partial charge in [-0.15, -0.1) is 0 Å². The van der Waals surface area contributed by atoms with Gasteiger partial charge in [0.25, 0.3) is 0 Å². The van der Waals surface area contributed by atoms with Crippen molar-refractivity contribution in [3.63, 3.8) is 0 Å². The monoisotopic (exact) mass is 514 g/mol. The predicted octanol–water partition coefficient (Wildman–Crippen LogP) is 5.89. The molecule has 0 spiro atoms. The first kappa shape index (κ1) is 24.5. The number of fused-ring (bicyclic) bond motifs is 5. The Bertz CT molecular complexity index is 1530. The van der Waals surface area contributed by atoms with Gasteiger partial charge in [-0.3, -0.25) is 4.79 Å². The molecule has 4 aromatic heterocycles. The first-order valence-electron chi connectivity index (χ1n) is 13.6. The molecule has 4 aromatic rings. The molecule has 0 amide bonds. The molecular weight excluding hydrogens is 483 g/mol. The average molecular weight is 515 g/mol. The molecule has 4 heterocycles. The third-order valence-electron chi connectivity index (χ3n) is 8.43. The maximum Gasteiger partial charge on any atom is 0.311 e. The SMILES string of the molecule is CCOC(=O)[C@@H]1C2CCC(CC2)[C@H]1n1cc(CCCCC#N)c2cnc(-c3c[nH]c4ncc(F)cc34)nc21. The fourth-order valence-electron chi connectivity index (χ4n) is 6.72. The molecule has 196 valence electrons. The molecule has 38 heavy (non-hydrogen) atoms. The normalized spacial score (nSPS) is 22.7. The molecule has 0 radical (unpaired) electrons. The van der Waals surface area contributed by atoms with E-state index in [1.807, 2.05) is 13.1 Å². The highest BCUT2D eigenvalue weighted by atomic mass is 19.1. The topological polar surface area (TPSA) is 109 Å². The Hall–Kier alpha value is -3.80. The van der Waals surface area contributed by atoms with Gasteiger partial charge in [0, 0.05) is 41.3 Å². The number of unbranched alkanes of at least 4 members (excludes halogenated alkanes) is 2. The molecule has 3 fully saturated rings. The number of ether oxygens (including phenoxy) is 1. The van der Waals surface area contributed by atoms with E-state index in [2.05, 4.69) is 31.8 Å². The Morgan fingerprint density at radius 3 is 2.79 bits per heavy atom. The van der Waals surface area contributed by atoms with Gasteiger partial charge in [-0.1, -0.05) is 0 Å². The Labute approximate surface area is 220 Å². The van der Waals surface area contributed by atoms with Crippen LogP contribution in [-0.2, 0) is 16.0 Å². The number of nitrogens with one attached hydrogen (secondary N) is 1. The number of nitriles is 1. The van der Waals surface area contributed by atoms with Crippen molar-refractivity contribution in [1.82, 2.24) is 24.5 Å². The summed E-state index contributed by atoms with van der Waals surface area (Å²) < 4.78 is 21.8. The Morgan fingerprint density at radius 2 is 2.00 bits per heavy atom. The van der Waals surface area contributed by atoms with Crippen molar-refractivity contribution < 1.29 is 13.9 Å². The van der Waals surface area contributed by atoms with Crippen LogP contribution in [0, 0.1) is 34.9 Å². The van der Waals surface area contributed by atoms with Gasteiger partial charge < -0.3 is 14.3 Å². The molecule has 9 heteroatoms. The van der Waals surface area contributed by atoms with Crippen LogP contribution in [0.5, 0.6) is 0 Å². The van der Waals surface area contributed by atoms with Crippen LogP contribution in [0.3, 0.4) is 0 Å². The summed E-state index contributed by atoms with van der Waals surface area (Å²) in [5.74, 6) is 0.440. The van der Waals surface area contributed by atoms with E-state index in [4.69, 9.17) is 15.0 Å². The maximum absolute atomic E-state index is 14.0. The van der Waals surface area contributed by atoms with Crippen LogP contribution in [-0.4, -0.2) is 37.1 Å². The lowest BCUT2D eigenvalue weighted by Crippen LogP contribution is -2.45. The Kier molecular flexibility index (Phi) is 6.56. The smallest absolute Gasteiger partial charge is 0.311 e. The second-order valence-electron chi connectivity index (χ2n) is 10.6. The fourth-order valence-corrected chi connectivity index (χ4v) is 6.72. The summed E-state index contributed by atoms with van der Waals surface area (Å²) in [4.78, 5) is 30.2. The summed E-state index contributed by atoms with van der Waals surface area (Å²) in [5.41, 5.74) is 3.17. The van der Waals surface area contributed by atoms with E-state index >= 15 is 0 Å². The van der Waals surface area contributed by atoms with Crippen LogP contribution < -0.4 is 0 Å². The molecule has 2 atom stereocenters. The van der Waals surface area contributed by atoms with E-state index in [1.165, 1.54) is 12.3 Å². The van der Waals surface area contributed by atoms with E-state index < -0.39 is 5.82 Å². The number of esters is 1. The summed E-state index contributed by atoms with van der Waals surface area (Å²) in [7, 11) is 0. The third-order valence-corrected chi connectivity index (χ3v) is 8.43. The van der Waals surface area contributed by atoms with Gasteiger partial charge in [0.15, 0.2) is 5.82 Å². The highest BCUT2D eigenvalue weighted by Crippen LogP contribution is 2.52. The molecule has 3 aliphatic rings. The van der Waals surface area contributed by atoms with Crippen molar-refractivity contribution in [2.24, 2.45) is 17.8 Å². The van der Waals surface area contributed by atoms with Gasteiger partial charge in [0.1, 0.15) is 17.1 Å². The van der Waals surface area contributed by atoms with Crippen LogP contribution in [0.25, 0.3) is 33.5 Å². The van der Waals surface area contributed by atoms with Gasteiger partial charge in [-0.25, -0.2) is 19.3 Å². The van der Waals surface area contributed by atoms with Gasteiger partial charge in [-0.05, 0) is 75.3 Å². The highest BCUT2D eigenvalue weighted by Gasteiger charge is 2.49. The molecule has 8 nitrogen and oxygen atoms in total. The minimum atomic E-state index is -0.419. The minimum Gasteiger partial charge on any atom is -0.466 e. The standard InChI is InChI=1S/C29H31FN6O2/c1-2-38-29(37)24-17-7-9-18(10-8-17)25(24)36-16-19(6-4-3-5-11-31)22-14-34-27(35-28(22)36)23-15-33-26-21(23)12-20(30)13-32-26/h12-18,24-25H,2-10H2,1H3,(H,32,33)/t17?,18?,24-,25-/m1/s1. The molecular formula is C29H31FN6O2. The van der Waals surface area contributed by atoms with Gasteiger partial charge in [0.2, 0.25) is 0 Å². The van der Waals surface area contributed by atoms with E-state index in [0.29, 0.717) is 47.3 Å². The van der Waals surface area contributed by atoms with Gasteiger partial charge in [0.05, 0.1) is 30.8 Å². The van der Waals surface area contributed by atoms with E-state index in [0.717, 1.165) is 61.5 Å². The highest BCUT2D eigenvalue weighted by molar-refractivity contribution is 5.93. The predicted molar refractivity (Wildman–Crippen MR) is 140 cm³/mol. The lowest BCUT2D eigenvalue weighted by Gasteiger charge is -2.47. The number of H-pyrrole nitrogens is 1. The number of carbonyl (C=O) groups is 1. The molecule has 0 aliphatic heterocycles. The quantitative estimate of drug-likeness (QED) is 0.232. The van der Waals surface area contributed by atoms with Crippen molar-refractivity contribution in [3.8, 4) is 17.5 Å². The first-order chi connectivity index (χ1) is 18.6. The fraction of sp³-hybridized carbons (Fsp3) is 0.483. The average Bonchev–Trinajstić information content (AvgIpc) is 3.52. The Balaban J connectivity index is 1.48. The van der Waals surface area contributed by atoms with Gasteiger partial charge in [-0.2, -0.15) is 5.26 Å². The summed E-state index contributed by atoms with van der Waals surface area (Å²) in [6.45, 7) is 2.23. The van der Waals surface area contributed by atoms with Crippen molar-refractivity contribution in [2.45, 2.75) is 64.3 Å². The second kappa shape index (κ2) is 10.2. The first-order valence-corrected chi connectivity index (χ1v) is 13.6. The molecule has 3 aliphatic carbocycles. The number of hydrogen-bond acceptors (Lipinski definition) is 6. The van der Waals surface area contributed by atoms with Crippen LogP contribution in [0.1, 0.15) is 63.5 Å². The third kappa shape index (κ3) is 4.22. The number of carbonyl (C=O) groups excluding carboxylic acids is 1. The number of aromatic amines is 1. The molecule has 0 aromatic carbocycles. The molecule has 2 bridgehead atoms. The van der Waals surface area contributed by atoms with E-state index in [9.17, 15) is 9.18 Å². The van der Waals surface area contributed by atoms with E-state index in [-0.39, 0.29) is 17.9 Å². The number of hydrogen-bond donors (Lipinski definition) is 1. The number of rotatable bonds is 8. The zero-order chi connectivity index (χ0) is 26.2. The minimum absolute atomic E-state index is 0.0262. The zero-order valence-corrected chi connectivity index (χ0v) is 21.5. The van der Waals surface area contributed by atoms with Crippen molar-refractivity contribution >= 4 is 28.0 Å². The molecule has 3 saturated carbocycles. The molecule has 0 saturated heterocycles. The summed E-state index contributed by atoms with van der Waals surface area (Å²) >= 11 is 0. The van der Waals surface area contributed by atoms with Crippen LogP contribution in [0.2, 0.25) is 0 Å². The molecule has 0 unspecified atom stereocenters. The zero-order valence-electron chi connectivity index (χ0n) is 21.5. The lowest BCUT2D eigenvalue weighted by atomic mass is 9.61. The number of nitrogens with zero attached hydrogens (tertiary/aromatic N) is 5. The molecule has 7 rings (SSSR count). The van der Waals surface area contributed by atoms with Crippen molar-refractivity contribution in [2.75, 3.05) is 6.61 Å². The second-order valence-corrected chi connectivity index (χ2v) is 10.6. The summed E-state index contributed by atoms with van der Waals surface area (Å²) in [6.07, 6.45) is 14.3. The number of aryl methyl sites for hydroxylation is 1. The van der Waals surface area contributed by atoms with E-state index in [1.54, 1.807) is 6.20 Å².